The molecule has 1 fully saturated rings. The van der Waals surface area contributed by atoms with Crippen LogP contribution in [0.1, 0.15) is 25.3 Å². The summed E-state index contributed by atoms with van der Waals surface area (Å²) < 4.78 is 31.9. The van der Waals surface area contributed by atoms with E-state index in [9.17, 15) is 13.6 Å². The fourth-order valence-corrected chi connectivity index (χ4v) is 2.68. The number of rotatable bonds is 4. The van der Waals surface area contributed by atoms with Crippen LogP contribution in [0.4, 0.5) is 8.78 Å². The van der Waals surface area contributed by atoms with E-state index in [2.05, 4.69) is 5.32 Å². The molecule has 0 aromatic heterocycles. The summed E-state index contributed by atoms with van der Waals surface area (Å²) in [6.07, 6.45) is 1.71. The van der Waals surface area contributed by atoms with Crippen LogP contribution in [0.5, 0.6) is 0 Å². The molecule has 20 heavy (non-hydrogen) atoms. The Labute approximate surface area is 117 Å². The zero-order chi connectivity index (χ0) is 14.6. The van der Waals surface area contributed by atoms with Gasteiger partial charge in [0.05, 0.1) is 12.0 Å². The largest absolute Gasteiger partial charge is 0.466 e. The van der Waals surface area contributed by atoms with E-state index in [0.29, 0.717) is 25.1 Å². The van der Waals surface area contributed by atoms with Crippen LogP contribution in [-0.4, -0.2) is 25.7 Å². The van der Waals surface area contributed by atoms with E-state index in [-0.39, 0.29) is 12.4 Å². The average molecular weight is 283 g/mol. The molecule has 0 saturated carbocycles. The zero-order valence-corrected chi connectivity index (χ0v) is 11.5. The van der Waals surface area contributed by atoms with Gasteiger partial charge in [0.25, 0.3) is 0 Å². The van der Waals surface area contributed by atoms with Crippen LogP contribution in [0.3, 0.4) is 0 Å². The molecule has 0 unspecified atom stereocenters. The summed E-state index contributed by atoms with van der Waals surface area (Å²) in [6, 6.07) is 3.47. The Morgan fingerprint density at radius 2 is 2.25 bits per heavy atom. The van der Waals surface area contributed by atoms with Crippen molar-refractivity contribution in [2.45, 2.75) is 26.2 Å². The highest BCUT2D eigenvalue weighted by Gasteiger charge is 2.41. The normalized spacial score (nSPS) is 22.6. The van der Waals surface area contributed by atoms with Crippen molar-refractivity contribution >= 4 is 5.97 Å². The van der Waals surface area contributed by atoms with E-state index in [1.54, 1.807) is 6.92 Å². The number of carbonyl (C=O) groups excluding carboxylic acids is 1. The lowest BCUT2D eigenvalue weighted by atomic mass is 9.75. The molecule has 1 N–H and O–H groups in total. The minimum atomic E-state index is -0.757. The van der Waals surface area contributed by atoms with E-state index in [4.69, 9.17) is 4.74 Å². The lowest BCUT2D eigenvalue weighted by Crippen LogP contribution is -2.48. The van der Waals surface area contributed by atoms with Crippen LogP contribution < -0.4 is 5.32 Å². The van der Waals surface area contributed by atoms with E-state index in [0.717, 1.165) is 19.0 Å². The monoisotopic (exact) mass is 283 g/mol. The fourth-order valence-electron chi connectivity index (χ4n) is 2.68. The molecule has 1 aliphatic heterocycles. The van der Waals surface area contributed by atoms with Crippen LogP contribution in [-0.2, 0) is 16.0 Å². The molecule has 3 nitrogen and oxygen atoms in total. The number of hydrogen-bond acceptors (Lipinski definition) is 3. The standard InChI is InChI=1S/C15H19F2NO2/c1-2-20-14(19)15(6-3-7-18-10-15)9-11-4-5-12(16)8-13(11)17/h4-5,8,18H,2-3,6-7,9-10H2,1H3/t15-/m1/s1. The van der Waals surface area contributed by atoms with Gasteiger partial charge in [0.15, 0.2) is 0 Å². The van der Waals surface area contributed by atoms with Gasteiger partial charge in [0.2, 0.25) is 0 Å². The van der Waals surface area contributed by atoms with E-state index in [1.807, 2.05) is 0 Å². The number of carbonyl (C=O) groups is 1. The second-order valence-corrected chi connectivity index (χ2v) is 5.19. The predicted octanol–water partition coefficient (Wildman–Crippen LogP) is 2.44. The first-order chi connectivity index (χ1) is 9.57. The van der Waals surface area contributed by atoms with Crippen LogP contribution in [0.2, 0.25) is 0 Å². The minimum Gasteiger partial charge on any atom is -0.466 e. The molecular weight excluding hydrogens is 264 g/mol. The molecule has 1 heterocycles. The van der Waals surface area contributed by atoms with E-state index >= 15 is 0 Å². The maximum atomic E-state index is 13.8. The summed E-state index contributed by atoms with van der Waals surface area (Å²) in [7, 11) is 0. The first kappa shape index (κ1) is 14.9. The summed E-state index contributed by atoms with van der Waals surface area (Å²) in [5.41, 5.74) is -0.407. The molecule has 1 aliphatic rings. The van der Waals surface area contributed by atoms with Crippen molar-refractivity contribution in [3.05, 3.63) is 35.4 Å². The second kappa shape index (κ2) is 6.31. The van der Waals surface area contributed by atoms with Gasteiger partial charge >= 0.3 is 5.97 Å². The lowest BCUT2D eigenvalue weighted by molar-refractivity contribution is -0.156. The molecule has 5 heteroatoms. The van der Waals surface area contributed by atoms with Crippen LogP contribution in [0, 0.1) is 17.0 Å². The van der Waals surface area contributed by atoms with Gasteiger partial charge in [-0.05, 0) is 44.4 Å². The quantitative estimate of drug-likeness (QED) is 0.863. The molecular formula is C15H19F2NO2. The molecule has 1 aromatic rings. The van der Waals surface area contributed by atoms with Crippen molar-refractivity contribution in [3.8, 4) is 0 Å². The van der Waals surface area contributed by atoms with E-state index in [1.165, 1.54) is 12.1 Å². The Morgan fingerprint density at radius 3 is 2.85 bits per heavy atom. The van der Waals surface area contributed by atoms with Crippen LogP contribution in [0.25, 0.3) is 0 Å². The third kappa shape index (κ3) is 3.15. The van der Waals surface area contributed by atoms with Crippen molar-refractivity contribution in [3.63, 3.8) is 0 Å². The third-order valence-corrected chi connectivity index (χ3v) is 3.72. The number of halogens is 2. The molecule has 0 radical (unpaired) electrons. The van der Waals surface area contributed by atoms with Crippen molar-refractivity contribution < 1.29 is 18.3 Å². The number of esters is 1. The Morgan fingerprint density at radius 1 is 1.45 bits per heavy atom. The molecule has 2 rings (SSSR count). The minimum absolute atomic E-state index is 0.227. The predicted molar refractivity (Wildman–Crippen MR) is 71.2 cm³/mol. The Balaban J connectivity index is 2.25. The first-order valence-corrected chi connectivity index (χ1v) is 6.89. The molecule has 0 aliphatic carbocycles. The van der Waals surface area contributed by atoms with Crippen molar-refractivity contribution in [2.24, 2.45) is 5.41 Å². The Bertz CT molecular complexity index is 485. The first-order valence-electron chi connectivity index (χ1n) is 6.89. The Kier molecular flexibility index (Phi) is 4.70. The van der Waals surface area contributed by atoms with Gasteiger partial charge < -0.3 is 10.1 Å². The molecule has 1 aromatic carbocycles. The van der Waals surface area contributed by atoms with Gasteiger partial charge in [0, 0.05) is 12.6 Å². The summed E-state index contributed by atoms with van der Waals surface area (Å²) in [5.74, 6) is -1.53. The maximum Gasteiger partial charge on any atom is 0.313 e. The lowest BCUT2D eigenvalue weighted by Gasteiger charge is -2.35. The van der Waals surface area contributed by atoms with Gasteiger partial charge in [0.1, 0.15) is 11.6 Å². The van der Waals surface area contributed by atoms with Gasteiger partial charge in [-0.3, -0.25) is 4.79 Å². The average Bonchev–Trinajstić information content (AvgIpc) is 2.43. The van der Waals surface area contributed by atoms with Crippen molar-refractivity contribution in [2.75, 3.05) is 19.7 Å². The molecule has 0 amide bonds. The zero-order valence-electron chi connectivity index (χ0n) is 11.5. The smallest absolute Gasteiger partial charge is 0.313 e. The second-order valence-electron chi connectivity index (χ2n) is 5.19. The highest BCUT2D eigenvalue weighted by Crippen LogP contribution is 2.33. The molecule has 0 spiro atoms. The van der Waals surface area contributed by atoms with Crippen LogP contribution >= 0.6 is 0 Å². The number of piperidine rings is 1. The number of hydrogen-bond donors (Lipinski definition) is 1. The third-order valence-electron chi connectivity index (χ3n) is 3.72. The van der Waals surface area contributed by atoms with Gasteiger partial charge in [-0.1, -0.05) is 6.07 Å². The fraction of sp³-hybridized carbons (Fsp3) is 0.533. The molecule has 1 atom stereocenters. The SMILES string of the molecule is CCOC(=O)[C@@]1(Cc2ccc(F)cc2F)CCCNC1. The number of benzene rings is 1. The summed E-state index contributed by atoms with van der Waals surface area (Å²) in [5, 5.41) is 3.17. The highest BCUT2D eigenvalue weighted by molar-refractivity contribution is 5.77. The van der Waals surface area contributed by atoms with Crippen molar-refractivity contribution in [1.82, 2.24) is 5.32 Å². The van der Waals surface area contributed by atoms with Gasteiger partial charge in [-0.25, -0.2) is 8.78 Å². The number of nitrogens with one attached hydrogen (secondary N) is 1. The molecule has 0 bridgehead atoms. The molecule has 1 saturated heterocycles. The molecule has 110 valence electrons. The van der Waals surface area contributed by atoms with E-state index < -0.39 is 17.0 Å². The Hall–Kier alpha value is -1.49. The summed E-state index contributed by atoms with van der Waals surface area (Å²) in [6.45, 7) is 3.35. The highest BCUT2D eigenvalue weighted by atomic mass is 19.1. The van der Waals surface area contributed by atoms with Crippen molar-refractivity contribution in [1.29, 1.82) is 0 Å². The summed E-state index contributed by atoms with van der Waals surface area (Å²) in [4.78, 5) is 12.2. The topological polar surface area (TPSA) is 38.3 Å². The maximum absolute atomic E-state index is 13.8. The number of ether oxygens (including phenoxy) is 1. The van der Waals surface area contributed by atoms with Gasteiger partial charge in [-0.15, -0.1) is 0 Å². The van der Waals surface area contributed by atoms with Gasteiger partial charge in [-0.2, -0.15) is 0 Å². The van der Waals surface area contributed by atoms with Crippen LogP contribution in [0.15, 0.2) is 18.2 Å². The summed E-state index contributed by atoms with van der Waals surface area (Å²) >= 11 is 0.